The molecule has 0 aromatic heterocycles. The maximum atomic E-state index is 12.4. The molecule has 11 heteroatoms. The molecule has 0 aliphatic heterocycles. The first kappa shape index (κ1) is 24.3. The third kappa shape index (κ3) is 4.20. The van der Waals surface area contributed by atoms with Crippen LogP contribution in [0.2, 0.25) is 0 Å². The van der Waals surface area contributed by atoms with Crippen molar-refractivity contribution in [1.29, 1.82) is 0 Å². The number of carbonyl (C=O) groups is 1. The van der Waals surface area contributed by atoms with Crippen LogP contribution in [0.15, 0.2) is 11.6 Å². The highest BCUT2D eigenvalue weighted by molar-refractivity contribution is 7.81. The minimum Gasteiger partial charge on any atom is -0.300 e. The number of carbonyl (C=O) groups excluding carboxylic acids is 1. The van der Waals surface area contributed by atoms with E-state index in [1.807, 2.05) is 13.8 Å². The van der Waals surface area contributed by atoms with Gasteiger partial charge < -0.3 is 0 Å². The molecule has 0 aromatic carbocycles. The Kier molecular flexibility index (Phi) is 5.95. The lowest BCUT2D eigenvalue weighted by Crippen LogP contribution is -2.57. The fourth-order valence-corrected chi connectivity index (χ4v) is 8.90. The predicted octanol–water partition coefficient (Wildman–Crippen LogP) is 3.14. The number of hydrogen-bond acceptors (Lipinski definition) is 7. The second-order valence-electron chi connectivity index (χ2n) is 10.6. The normalized spacial score (nSPS) is 44.2. The fourth-order valence-electron chi connectivity index (χ4n) is 7.89. The van der Waals surface area contributed by atoms with Crippen LogP contribution in [0.25, 0.3) is 0 Å². The van der Waals surface area contributed by atoms with Crippen molar-refractivity contribution in [3.63, 3.8) is 0 Å². The summed E-state index contributed by atoms with van der Waals surface area (Å²) >= 11 is 0. The quantitative estimate of drug-likeness (QED) is 0.437. The average Bonchev–Trinajstić information content (AvgIpc) is 2.96. The Labute approximate surface area is 189 Å². The summed E-state index contributed by atoms with van der Waals surface area (Å²) in [4.78, 5) is 12.4. The molecular formula is C21H32O9S2. The van der Waals surface area contributed by atoms with Crippen molar-refractivity contribution in [2.24, 2.45) is 34.5 Å². The number of rotatable bonds is 5. The van der Waals surface area contributed by atoms with E-state index in [1.54, 1.807) is 6.92 Å². The van der Waals surface area contributed by atoms with Crippen molar-refractivity contribution >= 4 is 26.6 Å². The van der Waals surface area contributed by atoms with Crippen molar-refractivity contribution in [3.8, 4) is 0 Å². The van der Waals surface area contributed by atoms with Crippen LogP contribution in [0.4, 0.5) is 0 Å². The molecule has 0 amide bonds. The van der Waals surface area contributed by atoms with E-state index in [0.29, 0.717) is 32.1 Å². The summed E-state index contributed by atoms with van der Waals surface area (Å²) in [5.41, 5.74) is 0.0924. The first-order valence-corrected chi connectivity index (χ1v) is 13.9. The molecule has 8 atom stereocenters. The topological polar surface area (TPSA) is 144 Å². The molecule has 0 bridgehead atoms. The van der Waals surface area contributed by atoms with E-state index in [9.17, 15) is 26.2 Å². The molecule has 182 valence electrons. The third-order valence-electron chi connectivity index (χ3n) is 8.96. The lowest BCUT2D eigenvalue weighted by atomic mass is 9.46. The molecule has 0 radical (unpaired) electrons. The van der Waals surface area contributed by atoms with E-state index in [2.05, 4.69) is 6.08 Å². The van der Waals surface area contributed by atoms with Gasteiger partial charge in [-0.2, -0.15) is 16.8 Å². The van der Waals surface area contributed by atoms with Crippen LogP contribution in [-0.2, 0) is 34.0 Å². The van der Waals surface area contributed by atoms with Crippen molar-refractivity contribution in [3.05, 3.63) is 11.6 Å². The summed E-state index contributed by atoms with van der Waals surface area (Å²) in [7, 11) is -9.28. The Balaban J connectivity index is 1.72. The van der Waals surface area contributed by atoms with Gasteiger partial charge in [-0.3, -0.25) is 13.9 Å². The lowest BCUT2D eigenvalue weighted by Gasteiger charge is -2.60. The zero-order valence-corrected chi connectivity index (χ0v) is 20.2. The molecule has 0 spiro atoms. The first-order chi connectivity index (χ1) is 14.6. The molecule has 4 aliphatic rings. The predicted molar refractivity (Wildman–Crippen MR) is 114 cm³/mol. The Bertz CT molecular complexity index is 1030. The van der Waals surface area contributed by atoms with Gasteiger partial charge in [0.1, 0.15) is 5.78 Å². The SMILES string of the molecule is CC(=O)[C@H]1CCC2C3CC=C4C[C@@H](OS(=O)(=O)O)CC[C@]4(C)C3C(OS(=O)(=O)O)C[C@@]21C. The summed E-state index contributed by atoms with van der Waals surface area (Å²) in [5, 5.41) is 0. The molecule has 0 heterocycles. The minimum atomic E-state index is -4.71. The fraction of sp³-hybridized carbons (Fsp3) is 0.857. The van der Waals surface area contributed by atoms with E-state index >= 15 is 0 Å². The van der Waals surface area contributed by atoms with Gasteiger partial charge in [0.15, 0.2) is 0 Å². The van der Waals surface area contributed by atoms with E-state index < -0.39 is 43.8 Å². The van der Waals surface area contributed by atoms with Gasteiger partial charge in [0.2, 0.25) is 0 Å². The third-order valence-corrected chi connectivity index (χ3v) is 9.97. The van der Waals surface area contributed by atoms with Crippen molar-refractivity contribution < 1.29 is 39.1 Å². The van der Waals surface area contributed by atoms with Crippen molar-refractivity contribution in [1.82, 2.24) is 0 Å². The van der Waals surface area contributed by atoms with Crippen LogP contribution in [-0.4, -0.2) is 43.9 Å². The summed E-state index contributed by atoms with van der Waals surface area (Å²) in [6.07, 6.45) is 4.52. The van der Waals surface area contributed by atoms with Gasteiger partial charge in [-0.25, -0.2) is 8.37 Å². The molecule has 3 fully saturated rings. The van der Waals surface area contributed by atoms with Gasteiger partial charge in [0, 0.05) is 5.92 Å². The van der Waals surface area contributed by atoms with Crippen LogP contribution in [0.1, 0.15) is 65.7 Å². The summed E-state index contributed by atoms with van der Waals surface area (Å²) < 4.78 is 74.7. The van der Waals surface area contributed by atoms with Crippen LogP contribution in [0.5, 0.6) is 0 Å². The van der Waals surface area contributed by atoms with Gasteiger partial charge >= 0.3 is 20.8 Å². The Hall–Kier alpha value is -0.850. The van der Waals surface area contributed by atoms with Crippen LogP contribution >= 0.6 is 0 Å². The zero-order chi connectivity index (χ0) is 23.7. The zero-order valence-electron chi connectivity index (χ0n) is 18.6. The second-order valence-corrected chi connectivity index (χ2v) is 12.7. The summed E-state index contributed by atoms with van der Waals surface area (Å²) in [6.45, 7) is 5.67. The smallest absolute Gasteiger partial charge is 0.300 e. The molecule has 3 saturated carbocycles. The molecule has 4 rings (SSSR count). The average molecular weight is 493 g/mol. The maximum absolute atomic E-state index is 12.4. The van der Waals surface area contributed by atoms with Gasteiger partial charge in [0.25, 0.3) is 0 Å². The van der Waals surface area contributed by atoms with Gasteiger partial charge in [0.05, 0.1) is 12.2 Å². The number of hydrogen-bond donors (Lipinski definition) is 2. The van der Waals surface area contributed by atoms with E-state index in [0.717, 1.165) is 18.4 Å². The Morgan fingerprint density at radius 1 is 1.06 bits per heavy atom. The van der Waals surface area contributed by atoms with Gasteiger partial charge in [-0.05, 0) is 80.5 Å². The summed E-state index contributed by atoms with van der Waals surface area (Å²) in [5.74, 6) is 0.0276. The van der Waals surface area contributed by atoms with E-state index in [-0.39, 0.29) is 29.5 Å². The van der Waals surface area contributed by atoms with E-state index in [4.69, 9.17) is 12.9 Å². The largest absolute Gasteiger partial charge is 0.397 e. The van der Waals surface area contributed by atoms with Crippen molar-refractivity contribution in [2.45, 2.75) is 77.9 Å². The highest BCUT2D eigenvalue weighted by atomic mass is 32.3. The van der Waals surface area contributed by atoms with Crippen LogP contribution in [0.3, 0.4) is 0 Å². The molecule has 32 heavy (non-hydrogen) atoms. The molecule has 2 N–H and O–H groups in total. The van der Waals surface area contributed by atoms with Crippen LogP contribution < -0.4 is 0 Å². The highest BCUT2D eigenvalue weighted by Crippen LogP contribution is 2.67. The number of ketones is 1. The molecule has 4 unspecified atom stereocenters. The standard InChI is InChI=1S/C21H32O9S2/c1-12(22)16-6-7-17-15-5-4-13-10-14(29-31(23,24)25)8-9-20(13,2)19(15)18(11-21(16,17)3)30-32(26,27)28/h4,14-19H,5-11H2,1-3H3,(H,23,24,25)(H,26,27,28)/t14-,15?,16+,17?,18?,19?,20-,21+/m0/s1. The molecular weight excluding hydrogens is 460 g/mol. The number of Topliss-reactive ketones (excluding diaryl/α,β-unsaturated/α-hetero) is 1. The first-order valence-electron chi connectivity index (χ1n) is 11.2. The van der Waals surface area contributed by atoms with Gasteiger partial charge in [-0.1, -0.05) is 25.5 Å². The summed E-state index contributed by atoms with van der Waals surface area (Å²) in [6, 6.07) is 0. The molecule has 9 nitrogen and oxygen atoms in total. The molecule has 0 saturated heterocycles. The maximum Gasteiger partial charge on any atom is 0.397 e. The highest BCUT2D eigenvalue weighted by Gasteiger charge is 2.63. The molecule has 0 aromatic rings. The minimum absolute atomic E-state index is 0.0812. The van der Waals surface area contributed by atoms with Crippen LogP contribution in [0, 0.1) is 34.5 Å². The Morgan fingerprint density at radius 2 is 1.72 bits per heavy atom. The molecule has 4 aliphatic carbocycles. The van der Waals surface area contributed by atoms with E-state index in [1.165, 1.54) is 0 Å². The number of fused-ring (bicyclic) bond motifs is 5. The second kappa shape index (κ2) is 7.84. The monoisotopic (exact) mass is 492 g/mol. The number of allylic oxidation sites excluding steroid dienone is 1. The van der Waals surface area contributed by atoms with Gasteiger partial charge in [-0.15, -0.1) is 0 Å². The Morgan fingerprint density at radius 3 is 2.31 bits per heavy atom. The van der Waals surface area contributed by atoms with Crippen molar-refractivity contribution in [2.75, 3.05) is 0 Å². The lowest BCUT2D eigenvalue weighted by molar-refractivity contribution is -0.136.